The number of aryl methyl sites for hydroxylation is 1. The summed E-state index contributed by atoms with van der Waals surface area (Å²) in [6, 6.07) is 8.68. The third-order valence-corrected chi connectivity index (χ3v) is 4.66. The highest BCUT2D eigenvalue weighted by atomic mass is 32.1. The van der Waals surface area contributed by atoms with E-state index in [9.17, 15) is 0 Å². The van der Waals surface area contributed by atoms with Gasteiger partial charge in [0, 0.05) is 15.8 Å². The maximum Gasteiger partial charge on any atom is 0.129 e. The minimum Gasteiger partial charge on any atom is -0.496 e. The third kappa shape index (κ3) is 2.41. The van der Waals surface area contributed by atoms with Crippen LogP contribution in [0, 0.1) is 0 Å². The van der Waals surface area contributed by atoms with Crippen molar-refractivity contribution in [3.8, 4) is 11.5 Å². The Morgan fingerprint density at radius 1 is 1.40 bits per heavy atom. The van der Waals surface area contributed by atoms with E-state index in [2.05, 4.69) is 29.6 Å². The van der Waals surface area contributed by atoms with E-state index in [1.165, 1.54) is 16.0 Å². The molecule has 3 rings (SSSR count). The van der Waals surface area contributed by atoms with Gasteiger partial charge in [0.1, 0.15) is 11.5 Å². The Morgan fingerprint density at radius 2 is 2.30 bits per heavy atom. The number of ether oxygens (including phenoxy) is 2. The second-order valence-electron chi connectivity index (χ2n) is 4.90. The minimum absolute atomic E-state index is 0.150. The Morgan fingerprint density at radius 3 is 3.05 bits per heavy atom. The smallest absolute Gasteiger partial charge is 0.129 e. The molecule has 1 aromatic heterocycles. The van der Waals surface area contributed by atoms with Gasteiger partial charge in [0.25, 0.3) is 0 Å². The number of hydrogen-bond acceptors (Lipinski definition) is 4. The zero-order valence-electron chi connectivity index (χ0n) is 11.8. The number of fused-ring (bicyclic) bond motifs is 1. The Bertz CT molecular complexity index is 594. The van der Waals surface area contributed by atoms with Gasteiger partial charge >= 0.3 is 0 Å². The van der Waals surface area contributed by atoms with E-state index in [1.54, 1.807) is 18.4 Å². The standard InChI is InChI=1S/C16H19NO2S/c1-17-15(14-9-12(18-2)10-20-14)13-7-3-5-11-6-4-8-19-16(11)13/h3,5,7,9-10,15,17H,4,6,8H2,1-2H3. The van der Waals surface area contributed by atoms with Gasteiger partial charge in [-0.1, -0.05) is 18.2 Å². The topological polar surface area (TPSA) is 30.5 Å². The van der Waals surface area contributed by atoms with Crippen molar-refractivity contribution in [2.75, 3.05) is 20.8 Å². The second-order valence-corrected chi connectivity index (χ2v) is 5.84. The maximum absolute atomic E-state index is 5.93. The molecule has 2 heterocycles. The van der Waals surface area contributed by atoms with Crippen LogP contribution in [0.3, 0.4) is 0 Å². The first kappa shape index (κ1) is 13.5. The number of rotatable bonds is 4. The van der Waals surface area contributed by atoms with Gasteiger partial charge in [-0.05, 0) is 31.5 Å². The van der Waals surface area contributed by atoms with E-state index in [0.29, 0.717) is 0 Å². The molecule has 1 atom stereocenters. The number of nitrogens with one attached hydrogen (secondary N) is 1. The highest BCUT2D eigenvalue weighted by Gasteiger charge is 2.22. The van der Waals surface area contributed by atoms with E-state index in [4.69, 9.17) is 9.47 Å². The molecule has 0 saturated carbocycles. The summed E-state index contributed by atoms with van der Waals surface area (Å²) >= 11 is 1.71. The van der Waals surface area contributed by atoms with Gasteiger partial charge in [-0.25, -0.2) is 0 Å². The molecule has 1 N–H and O–H groups in total. The van der Waals surface area contributed by atoms with Crippen LogP contribution in [-0.2, 0) is 6.42 Å². The summed E-state index contributed by atoms with van der Waals surface area (Å²) in [4.78, 5) is 1.24. The van der Waals surface area contributed by atoms with Crippen LogP contribution in [0.5, 0.6) is 11.5 Å². The minimum atomic E-state index is 0.150. The Balaban J connectivity index is 2.01. The van der Waals surface area contributed by atoms with E-state index < -0.39 is 0 Å². The number of hydrogen-bond donors (Lipinski definition) is 1. The quantitative estimate of drug-likeness (QED) is 0.936. The molecule has 0 aliphatic carbocycles. The van der Waals surface area contributed by atoms with Gasteiger partial charge in [-0.15, -0.1) is 11.3 Å². The zero-order chi connectivity index (χ0) is 13.9. The van der Waals surface area contributed by atoms with Gasteiger partial charge < -0.3 is 14.8 Å². The molecule has 3 nitrogen and oxygen atoms in total. The van der Waals surface area contributed by atoms with Crippen molar-refractivity contribution in [3.05, 3.63) is 45.6 Å². The fraction of sp³-hybridized carbons (Fsp3) is 0.375. The molecule has 4 heteroatoms. The molecular weight excluding hydrogens is 270 g/mol. The van der Waals surface area contributed by atoms with Gasteiger partial charge in [0.2, 0.25) is 0 Å². The van der Waals surface area contributed by atoms with Crippen molar-refractivity contribution in [3.63, 3.8) is 0 Å². The third-order valence-electron chi connectivity index (χ3n) is 3.68. The SMILES string of the molecule is CNC(c1cc(OC)cs1)c1cccc2c1OCCC2. The van der Waals surface area contributed by atoms with Crippen molar-refractivity contribution in [1.29, 1.82) is 0 Å². The predicted molar refractivity (Wildman–Crippen MR) is 82.0 cm³/mol. The monoisotopic (exact) mass is 289 g/mol. The van der Waals surface area contributed by atoms with Crippen LogP contribution in [-0.4, -0.2) is 20.8 Å². The van der Waals surface area contributed by atoms with E-state index in [-0.39, 0.29) is 6.04 Å². The molecule has 1 unspecified atom stereocenters. The average molecular weight is 289 g/mol. The fourth-order valence-electron chi connectivity index (χ4n) is 2.69. The van der Waals surface area contributed by atoms with Crippen molar-refractivity contribution >= 4 is 11.3 Å². The van der Waals surface area contributed by atoms with Gasteiger partial charge in [-0.2, -0.15) is 0 Å². The molecule has 1 aliphatic heterocycles. The molecule has 2 aromatic rings. The first-order valence-electron chi connectivity index (χ1n) is 6.87. The summed E-state index contributed by atoms with van der Waals surface area (Å²) in [5.41, 5.74) is 2.53. The molecular formula is C16H19NO2S. The number of methoxy groups -OCH3 is 1. The first-order chi connectivity index (χ1) is 9.83. The molecule has 106 valence electrons. The maximum atomic E-state index is 5.93. The van der Waals surface area contributed by atoms with Gasteiger partial charge in [0.15, 0.2) is 0 Å². The molecule has 20 heavy (non-hydrogen) atoms. The summed E-state index contributed by atoms with van der Waals surface area (Å²) in [6.07, 6.45) is 2.21. The summed E-state index contributed by atoms with van der Waals surface area (Å²) in [5.74, 6) is 1.97. The fourth-order valence-corrected chi connectivity index (χ4v) is 3.67. The molecule has 0 spiro atoms. The molecule has 1 aliphatic rings. The van der Waals surface area contributed by atoms with Gasteiger partial charge in [-0.3, -0.25) is 0 Å². The summed E-state index contributed by atoms with van der Waals surface area (Å²) in [7, 11) is 3.69. The van der Waals surface area contributed by atoms with E-state index in [0.717, 1.165) is 30.9 Å². The average Bonchev–Trinajstić information content (AvgIpc) is 2.97. The van der Waals surface area contributed by atoms with Crippen LogP contribution in [0.2, 0.25) is 0 Å². The lowest BCUT2D eigenvalue weighted by atomic mass is 9.97. The van der Waals surface area contributed by atoms with Crippen molar-refractivity contribution in [2.24, 2.45) is 0 Å². The molecule has 0 saturated heterocycles. The first-order valence-corrected chi connectivity index (χ1v) is 7.75. The molecule has 0 bridgehead atoms. The number of thiophene rings is 1. The van der Waals surface area contributed by atoms with Crippen molar-refractivity contribution in [1.82, 2.24) is 5.32 Å². The molecule has 0 amide bonds. The van der Waals surface area contributed by atoms with Crippen LogP contribution in [0.1, 0.15) is 28.5 Å². The largest absolute Gasteiger partial charge is 0.496 e. The normalized spacial score (nSPS) is 15.3. The predicted octanol–water partition coefficient (Wildman–Crippen LogP) is 3.39. The summed E-state index contributed by atoms with van der Waals surface area (Å²) in [5, 5.41) is 5.43. The second kappa shape index (κ2) is 5.85. The Labute approximate surface area is 123 Å². The summed E-state index contributed by atoms with van der Waals surface area (Å²) in [6.45, 7) is 0.814. The Hall–Kier alpha value is -1.52. The zero-order valence-corrected chi connectivity index (χ0v) is 12.6. The van der Waals surface area contributed by atoms with Crippen molar-refractivity contribution < 1.29 is 9.47 Å². The van der Waals surface area contributed by atoms with E-state index >= 15 is 0 Å². The Kier molecular flexibility index (Phi) is 3.94. The van der Waals surface area contributed by atoms with Gasteiger partial charge in [0.05, 0.1) is 19.8 Å². The molecule has 0 fully saturated rings. The van der Waals surface area contributed by atoms with Crippen LogP contribution in [0.15, 0.2) is 29.6 Å². The van der Waals surface area contributed by atoms with Crippen LogP contribution in [0.4, 0.5) is 0 Å². The van der Waals surface area contributed by atoms with Crippen molar-refractivity contribution in [2.45, 2.75) is 18.9 Å². The lowest BCUT2D eigenvalue weighted by Crippen LogP contribution is -2.20. The number of para-hydroxylation sites is 1. The highest BCUT2D eigenvalue weighted by molar-refractivity contribution is 7.10. The lowest BCUT2D eigenvalue weighted by Gasteiger charge is -2.24. The van der Waals surface area contributed by atoms with Crippen LogP contribution < -0.4 is 14.8 Å². The van der Waals surface area contributed by atoms with E-state index in [1.807, 2.05) is 12.4 Å². The highest BCUT2D eigenvalue weighted by Crippen LogP contribution is 2.38. The molecule has 0 radical (unpaired) electrons. The van der Waals surface area contributed by atoms with Crippen LogP contribution in [0.25, 0.3) is 0 Å². The molecule has 1 aromatic carbocycles. The number of benzene rings is 1. The lowest BCUT2D eigenvalue weighted by molar-refractivity contribution is 0.283. The summed E-state index contributed by atoms with van der Waals surface area (Å²) < 4.78 is 11.2. The van der Waals surface area contributed by atoms with Crippen LogP contribution >= 0.6 is 11.3 Å².